The smallest absolute Gasteiger partial charge is 0.338 e. The van der Waals surface area contributed by atoms with Gasteiger partial charge in [-0.2, -0.15) is 5.10 Å². The first-order valence-electron chi connectivity index (χ1n) is 10.8. The molecule has 0 aliphatic carbocycles. The molecule has 34 heavy (non-hydrogen) atoms. The molecule has 0 unspecified atom stereocenters. The van der Waals surface area contributed by atoms with Gasteiger partial charge in [0.2, 0.25) is 0 Å². The number of hydrogen-bond donors (Lipinski definition) is 2. The summed E-state index contributed by atoms with van der Waals surface area (Å²) in [5.41, 5.74) is 14.4. The minimum Gasteiger partial charge on any atom is -0.462 e. The predicted octanol–water partition coefficient (Wildman–Crippen LogP) is 5.16. The van der Waals surface area contributed by atoms with Crippen LogP contribution in [0.4, 0.5) is 0 Å². The third-order valence-corrected chi connectivity index (χ3v) is 5.25. The molecular formula is C27H24N4O2S. The summed E-state index contributed by atoms with van der Waals surface area (Å²) in [4.78, 5) is 12.2. The average molecular weight is 469 g/mol. The Balaban J connectivity index is 1.94. The number of nitrogens with one attached hydrogen (secondary N) is 1. The molecule has 4 rings (SSSR count). The number of carbonyl (C=O) groups is 1. The maximum atomic E-state index is 12.2. The number of ether oxygens (including phenoxy) is 1. The average Bonchev–Trinajstić information content (AvgIpc) is 3.24. The summed E-state index contributed by atoms with van der Waals surface area (Å²) in [6.45, 7) is 2.12. The van der Waals surface area contributed by atoms with Crippen LogP contribution >= 0.6 is 12.2 Å². The van der Waals surface area contributed by atoms with Gasteiger partial charge in [-0.25, -0.2) is 4.79 Å². The summed E-state index contributed by atoms with van der Waals surface area (Å²) in [5.74, 6) is -0.343. The van der Waals surface area contributed by atoms with Crippen LogP contribution in [0.15, 0.2) is 96.1 Å². The van der Waals surface area contributed by atoms with Gasteiger partial charge >= 0.3 is 5.97 Å². The number of hydrazone groups is 1. The van der Waals surface area contributed by atoms with E-state index < -0.39 is 0 Å². The van der Waals surface area contributed by atoms with Crippen molar-refractivity contribution in [2.45, 2.75) is 6.92 Å². The van der Waals surface area contributed by atoms with E-state index in [-0.39, 0.29) is 11.1 Å². The van der Waals surface area contributed by atoms with Crippen LogP contribution < -0.4 is 11.2 Å². The highest BCUT2D eigenvalue weighted by molar-refractivity contribution is 7.80. The normalized spacial score (nSPS) is 10.9. The van der Waals surface area contributed by atoms with Gasteiger partial charge in [0.25, 0.3) is 0 Å². The number of nitrogens with two attached hydrogens (primary N) is 1. The largest absolute Gasteiger partial charge is 0.462 e. The first-order chi connectivity index (χ1) is 16.6. The van der Waals surface area contributed by atoms with Crippen LogP contribution in [0.2, 0.25) is 0 Å². The lowest BCUT2D eigenvalue weighted by Gasteiger charge is -2.15. The molecule has 1 aromatic heterocycles. The summed E-state index contributed by atoms with van der Waals surface area (Å²) in [7, 11) is 0. The molecule has 0 fully saturated rings. The number of benzene rings is 3. The minimum atomic E-state index is -0.343. The molecule has 6 nitrogen and oxygen atoms in total. The van der Waals surface area contributed by atoms with Gasteiger partial charge in [-0.3, -0.25) is 5.43 Å². The third kappa shape index (κ3) is 5.05. The highest BCUT2D eigenvalue weighted by Crippen LogP contribution is 2.35. The van der Waals surface area contributed by atoms with Gasteiger partial charge in [-0.15, -0.1) is 0 Å². The van der Waals surface area contributed by atoms with Crippen LogP contribution in [0, 0.1) is 0 Å². The third-order valence-electron chi connectivity index (χ3n) is 5.16. The lowest BCUT2D eigenvalue weighted by atomic mass is 10.1. The summed E-state index contributed by atoms with van der Waals surface area (Å²) < 4.78 is 7.29. The highest BCUT2D eigenvalue weighted by atomic mass is 32.1. The minimum absolute atomic E-state index is 0.0924. The quantitative estimate of drug-likeness (QED) is 0.170. The van der Waals surface area contributed by atoms with Crippen LogP contribution in [-0.2, 0) is 4.74 Å². The topological polar surface area (TPSA) is 81.6 Å². The van der Waals surface area contributed by atoms with Crippen molar-refractivity contribution < 1.29 is 9.53 Å². The molecule has 0 saturated heterocycles. The van der Waals surface area contributed by atoms with Gasteiger partial charge in [-0.05, 0) is 60.6 Å². The molecule has 0 saturated carbocycles. The summed E-state index contributed by atoms with van der Waals surface area (Å²) in [6, 6.07) is 29.6. The molecule has 3 N–H and O–H groups in total. The SMILES string of the molecule is CCOC(=O)c1ccc(-n2c(-c3ccccc3)cc(/C=N/NC(N)=S)c2-c2ccccc2)cc1. The van der Waals surface area contributed by atoms with Crippen molar-refractivity contribution in [3.8, 4) is 28.2 Å². The molecule has 0 amide bonds. The Labute approximate surface area is 203 Å². The zero-order valence-corrected chi connectivity index (χ0v) is 19.5. The maximum Gasteiger partial charge on any atom is 0.338 e. The van der Waals surface area contributed by atoms with Crippen molar-refractivity contribution in [1.82, 2.24) is 9.99 Å². The molecule has 0 aliphatic rings. The Kier molecular flexibility index (Phi) is 7.15. The second-order valence-electron chi connectivity index (χ2n) is 7.40. The van der Waals surface area contributed by atoms with E-state index in [1.165, 1.54) is 0 Å². The molecule has 0 spiro atoms. The first kappa shape index (κ1) is 22.9. The fourth-order valence-corrected chi connectivity index (χ4v) is 3.79. The van der Waals surface area contributed by atoms with E-state index in [1.54, 1.807) is 25.3 Å². The number of thiocarbonyl (C=S) groups is 1. The van der Waals surface area contributed by atoms with Gasteiger partial charge in [0.1, 0.15) is 0 Å². The summed E-state index contributed by atoms with van der Waals surface area (Å²) >= 11 is 4.88. The molecule has 0 atom stereocenters. The van der Waals surface area contributed by atoms with E-state index in [9.17, 15) is 4.79 Å². The summed E-state index contributed by atoms with van der Waals surface area (Å²) in [6.07, 6.45) is 1.71. The van der Waals surface area contributed by atoms with Crippen LogP contribution in [0.25, 0.3) is 28.2 Å². The van der Waals surface area contributed by atoms with E-state index in [4.69, 9.17) is 22.7 Å². The van der Waals surface area contributed by atoms with Crippen molar-refractivity contribution in [3.05, 3.63) is 102 Å². The highest BCUT2D eigenvalue weighted by Gasteiger charge is 2.19. The fourth-order valence-electron chi connectivity index (χ4n) is 3.74. The van der Waals surface area contributed by atoms with Gasteiger partial charge < -0.3 is 15.0 Å². The Morgan fingerprint density at radius 3 is 2.21 bits per heavy atom. The molecule has 170 valence electrons. The van der Waals surface area contributed by atoms with Crippen LogP contribution in [-0.4, -0.2) is 28.5 Å². The zero-order valence-electron chi connectivity index (χ0n) is 18.6. The van der Waals surface area contributed by atoms with Crippen molar-refractivity contribution >= 4 is 29.5 Å². The van der Waals surface area contributed by atoms with Gasteiger partial charge in [0.15, 0.2) is 5.11 Å². The Morgan fingerprint density at radius 2 is 1.62 bits per heavy atom. The number of carbonyl (C=O) groups excluding carboxylic acids is 1. The lowest BCUT2D eigenvalue weighted by Crippen LogP contribution is -2.24. The van der Waals surface area contributed by atoms with Crippen molar-refractivity contribution in [2.24, 2.45) is 10.8 Å². The van der Waals surface area contributed by atoms with Crippen molar-refractivity contribution in [3.63, 3.8) is 0 Å². The molecular weight excluding hydrogens is 444 g/mol. The Morgan fingerprint density at radius 1 is 1.00 bits per heavy atom. The molecule has 0 bridgehead atoms. The fraction of sp³-hybridized carbons (Fsp3) is 0.0741. The van der Waals surface area contributed by atoms with E-state index in [1.807, 2.05) is 60.7 Å². The number of rotatable bonds is 7. The molecule has 0 radical (unpaired) electrons. The zero-order chi connectivity index (χ0) is 23.9. The Hall–Kier alpha value is -4.23. The lowest BCUT2D eigenvalue weighted by molar-refractivity contribution is 0.0526. The first-order valence-corrected chi connectivity index (χ1v) is 11.2. The van der Waals surface area contributed by atoms with Gasteiger partial charge in [0, 0.05) is 11.3 Å². The monoisotopic (exact) mass is 468 g/mol. The standard InChI is InChI=1S/C27H24N4O2S/c1-2-33-26(32)21-13-15-23(16-14-21)31-24(19-9-5-3-6-10-19)17-22(18-29-30-27(28)34)25(31)20-11-7-4-8-12-20/h3-18H,2H2,1H3,(H3,28,30,34)/b29-18+. The van der Waals surface area contributed by atoms with Crippen LogP contribution in [0.5, 0.6) is 0 Å². The molecule has 3 aromatic carbocycles. The number of esters is 1. The molecule has 4 aromatic rings. The number of hydrogen-bond acceptors (Lipinski definition) is 4. The van der Waals surface area contributed by atoms with E-state index in [0.717, 1.165) is 33.8 Å². The maximum absolute atomic E-state index is 12.2. The van der Waals surface area contributed by atoms with Crippen molar-refractivity contribution in [1.29, 1.82) is 0 Å². The Bertz CT molecular complexity index is 1310. The second-order valence-corrected chi connectivity index (χ2v) is 7.84. The molecule has 7 heteroatoms. The van der Waals surface area contributed by atoms with Gasteiger partial charge in [0.05, 0.1) is 29.8 Å². The van der Waals surface area contributed by atoms with Crippen LogP contribution in [0.3, 0.4) is 0 Å². The summed E-state index contributed by atoms with van der Waals surface area (Å²) in [5, 5.41) is 4.30. The van der Waals surface area contributed by atoms with Crippen molar-refractivity contribution in [2.75, 3.05) is 6.61 Å². The molecule has 1 heterocycles. The predicted molar refractivity (Wildman–Crippen MR) is 140 cm³/mol. The van der Waals surface area contributed by atoms with Gasteiger partial charge in [-0.1, -0.05) is 60.7 Å². The van der Waals surface area contributed by atoms with E-state index in [2.05, 4.69) is 33.3 Å². The van der Waals surface area contributed by atoms with Crippen LogP contribution in [0.1, 0.15) is 22.8 Å². The molecule has 0 aliphatic heterocycles. The second kappa shape index (κ2) is 10.6. The van der Waals surface area contributed by atoms with E-state index in [0.29, 0.717) is 12.2 Å². The number of aromatic nitrogens is 1. The van der Waals surface area contributed by atoms with E-state index >= 15 is 0 Å². The number of nitrogens with zero attached hydrogens (tertiary/aromatic N) is 2.